The van der Waals surface area contributed by atoms with Crippen molar-refractivity contribution in [2.45, 2.75) is 32.1 Å². The molecular formula is C23H28N4O5S. The quantitative estimate of drug-likeness (QED) is 0.612. The van der Waals surface area contributed by atoms with Gasteiger partial charge in [0.25, 0.3) is 0 Å². The topological polar surface area (TPSA) is 134 Å². The van der Waals surface area contributed by atoms with Gasteiger partial charge in [-0.2, -0.15) is 8.42 Å². The van der Waals surface area contributed by atoms with E-state index in [1.165, 1.54) is 0 Å². The number of piperidine rings is 1. The molecule has 2 aromatic rings. The Kier molecular flexibility index (Phi) is 5.96. The maximum atomic E-state index is 13.3. The van der Waals surface area contributed by atoms with Crippen molar-refractivity contribution in [1.82, 2.24) is 4.90 Å². The molecule has 10 heteroatoms. The molecule has 0 radical (unpaired) electrons. The summed E-state index contributed by atoms with van der Waals surface area (Å²) < 4.78 is 35.4. The number of nitrogens with zero attached hydrogens (tertiary/aromatic N) is 2. The van der Waals surface area contributed by atoms with Crippen LogP contribution in [-0.4, -0.2) is 49.9 Å². The Balaban J connectivity index is 1.44. The lowest BCUT2D eigenvalue weighted by atomic mass is 9.82. The molecule has 1 fully saturated rings. The van der Waals surface area contributed by atoms with Crippen molar-refractivity contribution in [2.75, 3.05) is 24.4 Å². The Bertz CT molecular complexity index is 1190. The number of hydrogen-bond acceptors (Lipinski definition) is 6. The number of benzene rings is 2. The van der Waals surface area contributed by atoms with Crippen molar-refractivity contribution in [3.8, 4) is 11.5 Å². The normalized spacial score (nSPS) is 19.8. The molecule has 4 rings (SSSR count). The van der Waals surface area contributed by atoms with E-state index in [0.717, 1.165) is 18.4 Å². The highest BCUT2D eigenvalue weighted by Gasteiger charge is 2.36. The molecule has 1 amide bonds. The summed E-state index contributed by atoms with van der Waals surface area (Å²) in [5.41, 5.74) is 6.76. The van der Waals surface area contributed by atoms with Crippen molar-refractivity contribution < 1.29 is 23.1 Å². The Hall–Kier alpha value is -3.27. The van der Waals surface area contributed by atoms with Crippen LogP contribution in [0.1, 0.15) is 37.8 Å². The summed E-state index contributed by atoms with van der Waals surface area (Å²) >= 11 is 0. The maximum absolute atomic E-state index is 13.3. The average Bonchev–Trinajstić information content (AvgIpc) is 2.76. The van der Waals surface area contributed by atoms with Crippen molar-refractivity contribution in [1.29, 1.82) is 0 Å². The second-order valence-corrected chi connectivity index (χ2v) is 10.3. The molecule has 2 aliphatic heterocycles. The minimum absolute atomic E-state index is 0.0285. The van der Waals surface area contributed by atoms with Crippen LogP contribution in [0.3, 0.4) is 0 Å². The molecule has 33 heavy (non-hydrogen) atoms. The summed E-state index contributed by atoms with van der Waals surface area (Å²) in [6.45, 7) is 5.38. The van der Waals surface area contributed by atoms with Gasteiger partial charge in [0.05, 0.1) is 23.3 Å². The van der Waals surface area contributed by atoms with Gasteiger partial charge in [0, 0.05) is 19.0 Å². The lowest BCUT2D eigenvalue weighted by Gasteiger charge is -2.38. The van der Waals surface area contributed by atoms with Gasteiger partial charge >= 0.3 is 10.2 Å². The van der Waals surface area contributed by atoms with Crippen LogP contribution in [0.25, 0.3) is 0 Å². The monoisotopic (exact) mass is 472 g/mol. The second kappa shape index (κ2) is 8.58. The van der Waals surface area contributed by atoms with Crippen molar-refractivity contribution >= 4 is 27.6 Å². The zero-order valence-corrected chi connectivity index (χ0v) is 19.4. The summed E-state index contributed by atoms with van der Waals surface area (Å²) in [6, 6.07) is 11.7. The standard InChI is InChI=1S/C23H28N4O5S/c1-23(2,16-8-10-17(28)11-9-16)22(29)27-12-4-5-15(13-27)14-32-19-7-3-6-18-20(19)21(24)26-33(30,31)25-18/h3,6-11,15,25,28H,4-5,12-14H2,1-2H3,(H2,24,26)/t15-/m0/s1. The third-order valence-electron chi connectivity index (χ3n) is 6.14. The number of fused-ring (bicyclic) bond motifs is 1. The third kappa shape index (κ3) is 4.75. The number of aromatic hydroxyl groups is 1. The largest absolute Gasteiger partial charge is 0.508 e. The summed E-state index contributed by atoms with van der Waals surface area (Å²) in [7, 11) is -3.85. The number of phenolic OH excluding ortho intramolecular Hbond substituents is 1. The lowest BCUT2D eigenvalue weighted by molar-refractivity contribution is -0.138. The highest BCUT2D eigenvalue weighted by molar-refractivity contribution is 7.91. The molecule has 2 heterocycles. The fourth-order valence-corrected chi connectivity index (χ4v) is 5.17. The Labute approximate surface area is 193 Å². The van der Waals surface area contributed by atoms with E-state index in [-0.39, 0.29) is 23.4 Å². The molecule has 0 saturated carbocycles. The molecule has 0 aromatic heterocycles. The van der Waals surface area contributed by atoms with E-state index in [4.69, 9.17) is 10.5 Å². The van der Waals surface area contributed by atoms with E-state index in [1.807, 2.05) is 18.7 Å². The fourth-order valence-electron chi connectivity index (χ4n) is 4.33. The number of anilines is 1. The number of carbonyl (C=O) groups excluding carboxylic acids is 1. The molecular weight excluding hydrogens is 444 g/mol. The number of carbonyl (C=O) groups is 1. The van der Waals surface area contributed by atoms with Crippen LogP contribution in [0.2, 0.25) is 0 Å². The number of ether oxygens (including phenoxy) is 1. The van der Waals surface area contributed by atoms with Gasteiger partial charge in [-0.15, -0.1) is 4.40 Å². The number of nitrogens with one attached hydrogen (secondary N) is 1. The van der Waals surface area contributed by atoms with Gasteiger partial charge in [0.2, 0.25) is 5.91 Å². The highest BCUT2D eigenvalue weighted by atomic mass is 32.2. The first-order valence-electron chi connectivity index (χ1n) is 10.8. The number of phenols is 1. The SMILES string of the molecule is CC(C)(C(=O)N1CCC[C@H](COc2cccc3c2C(N)=NS(=O)(=O)N3)C1)c1ccc(O)cc1. The number of likely N-dealkylation sites (tertiary alicyclic amines) is 1. The van der Waals surface area contributed by atoms with Crippen LogP contribution in [0.5, 0.6) is 11.5 Å². The first-order chi connectivity index (χ1) is 15.6. The van der Waals surface area contributed by atoms with Gasteiger partial charge in [-0.05, 0) is 56.5 Å². The predicted molar refractivity (Wildman–Crippen MR) is 126 cm³/mol. The summed E-state index contributed by atoms with van der Waals surface area (Å²) in [5, 5.41) is 9.56. The number of rotatable bonds is 5. The number of amides is 1. The van der Waals surface area contributed by atoms with Crippen LogP contribution in [0.15, 0.2) is 46.9 Å². The molecule has 0 unspecified atom stereocenters. The van der Waals surface area contributed by atoms with Crippen LogP contribution >= 0.6 is 0 Å². The Morgan fingerprint density at radius 2 is 2.00 bits per heavy atom. The zero-order valence-electron chi connectivity index (χ0n) is 18.6. The molecule has 0 aliphatic carbocycles. The molecule has 1 saturated heterocycles. The molecule has 2 aliphatic rings. The van der Waals surface area contributed by atoms with Crippen LogP contribution in [0, 0.1) is 5.92 Å². The van der Waals surface area contributed by atoms with Gasteiger partial charge in [-0.1, -0.05) is 18.2 Å². The molecule has 176 valence electrons. The molecule has 0 bridgehead atoms. The summed E-state index contributed by atoms with van der Waals surface area (Å²) in [6.07, 6.45) is 1.77. The van der Waals surface area contributed by atoms with E-state index in [0.29, 0.717) is 36.7 Å². The van der Waals surface area contributed by atoms with Crippen molar-refractivity contribution in [3.05, 3.63) is 53.6 Å². The molecule has 1 atom stereocenters. The summed E-state index contributed by atoms with van der Waals surface area (Å²) in [4.78, 5) is 15.2. The average molecular weight is 473 g/mol. The molecule has 9 nitrogen and oxygen atoms in total. The van der Waals surface area contributed by atoms with Crippen LogP contribution in [0.4, 0.5) is 5.69 Å². The van der Waals surface area contributed by atoms with Crippen LogP contribution < -0.4 is 15.2 Å². The lowest BCUT2D eigenvalue weighted by Crippen LogP contribution is -2.48. The highest BCUT2D eigenvalue weighted by Crippen LogP contribution is 2.32. The number of hydrogen-bond donors (Lipinski definition) is 3. The van der Waals surface area contributed by atoms with Crippen LogP contribution in [-0.2, 0) is 20.4 Å². The first kappa shape index (κ1) is 22.9. The second-order valence-electron chi connectivity index (χ2n) is 8.97. The minimum atomic E-state index is -3.85. The van der Waals surface area contributed by atoms with Gasteiger partial charge in [0.15, 0.2) is 5.84 Å². The number of nitrogens with two attached hydrogens (primary N) is 1. The van der Waals surface area contributed by atoms with Gasteiger partial charge in [-0.25, -0.2) is 0 Å². The van der Waals surface area contributed by atoms with Gasteiger partial charge in [-0.3, -0.25) is 9.52 Å². The van der Waals surface area contributed by atoms with E-state index in [9.17, 15) is 18.3 Å². The zero-order chi connectivity index (χ0) is 23.8. The van der Waals surface area contributed by atoms with E-state index in [1.54, 1.807) is 42.5 Å². The predicted octanol–water partition coefficient (Wildman–Crippen LogP) is 2.36. The van der Waals surface area contributed by atoms with Gasteiger partial charge < -0.3 is 20.5 Å². The van der Waals surface area contributed by atoms with Crippen molar-refractivity contribution in [3.63, 3.8) is 0 Å². The number of amidine groups is 1. The van der Waals surface area contributed by atoms with E-state index in [2.05, 4.69) is 9.12 Å². The Morgan fingerprint density at radius 1 is 1.27 bits per heavy atom. The maximum Gasteiger partial charge on any atom is 0.344 e. The van der Waals surface area contributed by atoms with E-state index < -0.39 is 15.6 Å². The first-order valence-corrected chi connectivity index (χ1v) is 12.2. The minimum Gasteiger partial charge on any atom is -0.508 e. The molecule has 0 spiro atoms. The van der Waals surface area contributed by atoms with Gasteiger partial charge in [0.1, 0.15) is 11.5 Å². The third-order valence-corrected chi connectivity index (χ3v) is 7.06. The summed E-state index contributed by atoms with van der Waals surface area (Å²) in [5.74, 6) is 0.645. The Morgan fingerprint density at radius 3 is 2.73 bits per heavy atom. The fraction of sp³-hybridized carbons (Fsp3) is 0.391. The van der Waals surface area contributed by atoms with Crippen molar-refractivity contribution in [2.24, 2.45) is 16.0 Å². The van der Waals surface area contributed by atoms with E-state index >= 15 is 0 Å². The molecule has 2 aromatic carbocycles. The smallest absolute Gasteiger partial charge is 0.344 e. The molecule has 4 N–H and O–H groups in total.